The molecule has 3 rings (SSSR count). The molecule has 0 bridgehead atoms. The molecular weight excluding hydrogens is 386 g/mol. The highest BCUT2D eigenvalue weighted by Crippen LogP contribution is 2.40. The molecule has 0 radical (unpaired) electrons. The lowest BCUT2D eigenvalue weighted by atomic mass is 9.98. The number of hydrogen-bond donors (Lipinski definition) is 0. The summed E-state index contributed by atoms with van der Waals surface area (Å²) in [5.41, 5.74) is 11.9. The van der Waals surface area contributed by atoms with Crippen molar-refractivity contribution < 1.29 is 0 Å². The number of benzene rings is 3. The molecule has 0 saturated heterocycles. The van der Waals surface area contributed by atoms with Gasteiger partial charge in [0, 0.05) is 11.4 Å². The fourth-order valence-corrected chi connectivity index (χ4v) is 4.79. The van der Waals surface area contributed by atoms with E-state index in [2.05, 4.69) is 101 Å². The van der Waals surface area contributed by atoms with Crippen LogP contribution in [0.1, 0.15) is 78.8 Å². The molecule has 1 nitrogen and oxygen atoms in total. The number of aryl methyl sites for hydroxylation is 6. The van der Waals surface area contributed by atoms with E-state index in [1.807, 2.05) is 0 Å². The van der Waals surface area contributed by atoms with E-state index in [0.29, 0.717) is 0 Å². The highest BCUT2D eigenvalue weighted by molar-refractivity contribution is 5.81. The Labute approximate surface area is 196 Å². The maximum atomic E-state index is 2.45. The third-order valence-electron chi connectivity index (χ3n) is 6.54. The molecule has 170 valence electrons. The first-order chi connectivity index (χ1) is 15.4. The molecule has 3 aromatic carbocycles. The lowest BCUT2D eigenvalue weighted by Gasteiger charge is -2.30. The van der Waals surface area contributed by atoms with E-state index in [-0.39, 0.29) is 0 Å². The van der Waals surface area contributed by atoms with E-state index in [0.717, 1.165) is 0 Å². The van der Waals surface area contributed by atoms with Crippen molar-refractivity contribution in [1.82, 2.24) is 0 Å². The predicted octanol–water partition coefficient (Wildman–Crippen LogP) is 9.60. The largest absolute Gasteiger partial charge is 0.310 e. The fourth-order valence-electron chi connectivity index (χ4n) is 4.79. The van der Waals surface area contributed by atoms with Crippen LogP contribution in [0.15, 0.2) is 54.6 Å². The molecule has 0 heterocycles. The lowest BCUT2D eigenvalue weighted by Crippen LogP contribution is -2.13. The van der Waals surface area contributed by atoms with Gasteiger partial charge in [-0.1, -0.05) is 80.5 Å². The molecule has 0 aliphatic heterocycles. The second kappa shape index (κ2) is 11.4. The van der Waals surface area contributed by atoms with Gasteiger partial charge < -0.3 is 4.90 Å². The van der Waals surface area contributed by atoms with Crippen molar-refractivity contribution in [2.24, 2.45) is 0 Å². The van der Waals surface area contributed by atoms with Gasteiger partial charge in [0.15, 0.2) is 0 Å². The molecule has 0 spiro atoms. The molecule has 0 atom stereocenters. The molecule has 0 aliphatic carbocycles. The molecule has 3 aromatic rings. The van der Waals surface area contributed by atoms with Gasteiger partial charge in [0.05, 0.1) is 5.69 Å². The zero-order valence-electron chi connectivity index (χ0n) is 21.1. The summed E-state index contributed by atoms with van der Waals surface area (Å²) in [6.45, 7) is 13.4. The van der Waals surface area contributed by atoms with Crippen molar-refractivity contribution in [2.75, 3.05) is 4.90 Å². The van der Waals surface area contributed by atoms with Crippen molar-refractivity contribution in [3.63, 3.8) is 0 Å². The maximum Gasteiger partial charge on any atom is 0.0520 e. The van der Waals surface area contributed by atoms with Crippen molar-refractivity contribution in [1.29, 1.82) is 0 Å². The van der Waals surface area contributed by atoms with E-state index < -0.39 is 0 Å². The van der Waals surface area contributed by atoms with Gasteiger partial charge in [0.25, 0.3) is 0 Å². The van der Waals surface area contributed by atoms with Crippen LogP contribution < -0.4 is 4.90 Å². The molecule has 0 saturated carbocycles. The molecule has 0 unspecified atom stereocenters. The zero-order chi connectivity index (χ0) is 23.1. The first-order valence-corrected chi connectivity index (χ1v) is 12.4. The van der Waals surface area contributed by atoms with Crippen LogP contribution in [0.25, 0.3) is 0 Å². The number of nitrogens with zero attached hydrogens (tertiary/aromatic N) is 1. The number of unbranched alkanes of at least 4 members (excludes halogenated alkanes) is 5. The maximum absolute atomic E-state index is 2.45. The highest BCUT2D eigenvalue weighted by Gasteiger charge is 2.18. The Kier molecular flexibility index (Phi) is 8.56. The Hall–Kier alpha value is -2.54. The molecule has 0 aromatic heterocycles. The average Bonchev–Trinajstić information content (AvgIpc) is 2.75. The SMILES string of the molecule is CCCCCCCCc1cc(N(c2ccc(C)cc2)c2c(C)cc(C)cc2C)ccc1C. The minimum absolute atomic E-state index is 1.17. The predicted molar refractivity (Wildman–Crippen MR) is 142 cm³/mol. The second-order valence-electron chi connectivity index (χ2n) is 9.55. The monoisotopic (exact) mass is 427 g/mol. The first-order valence-electron chi connectivity index (χ1n) is 12.4. The van der Waals surface area contributed by atoms with Crippen LogP contribution in [0, 0.1) is 34.6 Å². The summed E-state index contributed by atoms with van der Waals surface area (Å²) >= 11 is 0. The van der Waals surface area contributed by atoms with Gasteiger partial charge in [-0.3, -0.25) is 0 Å². The number of anilines is 3. The molecule has 0 amide bonds. The molecule has 1 heteroatoms. The Morgan fingerprint density at radius 3 is 1.81 bits per heavy atom. The zero-order valence-corrected chi connectivity index (χ0v) is 21.1. The summed E-state index contributed by atoms with van der Waals surface area (Å²) in [4.78, 5) is 2.45. The van der Waals surface area contributed by atoms with Gasteiger partial charge in [0.2, 0.25) is 0 Å². The van der Waals surface area contributed by atoms with Crippen molar-refractivity contribution in [3.8, 4) is 0 Å². The van der Waals surface area contributed by atoms with Crippen molar-refractivity contribution in [2.45, 2.75) is 86.5 Å². The van der Waals surface area contributed by atoms with Gasteiger partial charge in [-0.15, -0.1) is 0 Å². The van der Waals surface area contributed by atoms with Crippen LogP contribution in [0.5, 0.6) is 0 Å². The Bertz CT molecular complexity index is 990. The fraction of sp³-hybridized carbons (Fsp3) is 0.419. The van der Waals surface area contributed by atoms with Crippen LogP contribution in [0.3, 0.4) is 0 Å². The Balaban J connectivity index is 1.96. The Morgan fingerprint density at radius 1 is 0.562 bits per heavy atom. The molecule has 0 aliphatic rings. The number of hydrogen-bond acceptors (Lipinski definition) is 1. The topological polar surface area (TPSA) is 3.24 Å². The van der Waals surface area contributed by atoms with E-state index >= 15 is 0 Å². The molecule has 32 heavy (non-hydrogen) atoms. The smallest absolute Gasteiger partial charge is 0.0520 e. The van der Waals surface area contributed by atoms with Crippen LogP contribution >= 0.6 is 0 Å². The summed E-state index contributed by atoms with van der Waals surface area (Å²) < 4.78 is 0. The molecular formula is C31H41N. The highest BCUT2D eigenvalue weighted by atomic mass is 15.1. The summed E-state index contributed by atoms with van der Waals surface area (Å²) in [6.07, 6.45) is 9.21. The molecule has 0 fully saturated rings. The summed E-state index contributed by atoms with van der Waals surface area (Å²) in [5.74, 6) is 0. The van der Waals surface area contributed by atoms with E-state index in [1.54, 1.807) is 0 Å². The summed E-state index contributed by atoms with van der Waals surface area (Å²) in [6, 6.07) is 20.6. The lowest BCUT2D eigenvalue weighted by molar-refractivity contribution is 0.607. The van der Waals surface area contributed by atoms with Gasteiger partial charge in [0.1, 0.15) is 0 Å². The van der Waals surface area contributed by atoms with E-state index in [1.165, 1.54) is 95.4 Å². The van der Waals surface area contributed by atoms with Crippen LogP contribution in [-0.2, 0) is 6.42 Å². The third-order valence-corrected chi connectivity index (χ3v) is 6.54. The molecule has 0 N–H and O–H groups in total. The first kappa shape index (κ1) is 24.1. The van der Waals surface area contributed by atoms with E-state index in [4.69, 9.17) is 0 Å². The number of rotatable bonds is 10. The van der Waals surface area contributed by atoms with Gasteiger partial charge in [-0.05, 0) is 94.0 Å². The second-order valence-corrected chi connectivity index (χ2v) is 9.55. The van der Waals surface area contributed by atoms with Gasteiger partial charge >= 0.3 is 0 Å². The standard InChI is InChI=1S/C31H41N/c1-7-8-9-10-11-12-13-28-22-30(19-16-25(28)4)32(29-17-14-23(2)15-18-29)31-26(5)20-24(3)21-27(31)6/h14-22H,7-13H2,1-6H3. The van der Waals surface area contributed by atoms with Gasteiger partial charge in [-0.25, -0.2) is 0 Å². The van der Waals surface area contributed by atoms with Crippen molar-refractivity contribution >= 4 is 17.1 Å². The Morgan fingerprint density at radius 2 is 1.16 bits per heavy atom. The van der Waals surface area contributed by atoms with Crippen LogP contribution in [0.4, 0.5) is 17.1 Å². The minimum Gasteiger partial charge on any atom is -0.310 e. The minimum atomic E-state index is 1.17. The van der Waals surface area contributed by atoms with Crippen LogP contribution in [-0.4, -0.2) is 0 Å². The summed E-state index contributed by atoms with van der Waals surface area (Å²) in [7, 11) is 0. The quantitative estimate of drug-likeness (QED) is 0.291. The summed E-state index contributed by atoms with van der Waals surface area (Å²) in [5, 5.41) is 0. The average molecular weight is 428 g/mol. The van der Waals surface area contributed by atoms with Gasteiger partial charge in [-0.2, -0.15) is 0 Å². The normalized spacial score (nSPS) is 11.1. The van der Waals surface area contributed by atoms with E-state index in [9.17, 15) is 0 Å². The van der Waals surface area contributed by atoms with Crippen molar-refractivity contribution in [3.05, 3.63) is 88.0 Å². The van der Waals surface area contributed by atoms with Crippen LogP contribution in [0.2, 0.25) is 0 Å². The third kappa shape index (κ3) is 6.03.